The number of nitrogens with zero attached hydrogens (tertiary/aromatic N) is 3. The SMILES string of the molecule is Cc1nn(-c2ccccc2)c(C)c1C(=O)C(=O)N1CCC(C)C2CCCCC21. The van der Waals surface area contributed by atoms with Gasteiger partial charge in [0.1, 0.15) is 0 Å². The van der Waals surface area contributed by atoms with Crippen LogP contribution in [0.2, 0.25) is 0 Å². The number of hydrogen-bond donors (Lipinski definition) is 0. The minimum Gasteiger partial charge on any atom is -0.333 e. The molecule has 1 aliphatic heterocycles. The van der Waals surface area contributed by atoms with Gasteiger partial charge < -0.3 is 4.90 Å². The van der Waals surface area contributed by atoms with Crippen molar-refractivity contribution in [1.82, 2.24) is 14.7 Å². The van der Waals surface area contributed by atoms with E-state index in [-0.39, 0.29) is 11.9 Å². The summed E-state index contributed by atoms with van der Waals surface area (Å²) in [5.74, 6) is 0.418. The number of piperidine rings is 1. The van der Waals surface area contributed by atoms with Crippen LogP contribution >= 0.6 is 0 Å². The lowest BCUT2D eigenvalue weighted by Gasteiger charge is -2.47. The second kappa shape index (κ2) is 7.53. The zero-order chi connectivity index (χ0) is 19.8. The standard InChI is InChI=1S/C23H29N3O2/c1-15-13-14-25(20-12-8-7-11-19(15)20)23(28)22(27)21-16(2)24-26(17(21)3)18-9-5-4-6-10-18/h4-6,9-10,15,19-20H,7-8,11-14H2,1-3H3. The number of Topliss-reactive ketones (excluding diaryl/α,β-unsaturated/α-hetero) is 1. The first-order chi connectivity index (χ1) is 13.5. The van der Waals surface area contributed by atoms with Gasteiger partial charge in [-0.3, -0.25) is 9.59 Å². The Kier molecular flexibility index (Phi) is 5.09. The zero-order valence-electron chi connectivity index (χ0n) is 17.0. The average Bonchev–Trinajstić information content (AvgIpc) is 3.02. The van der Waals surface area contributed by atoms with Crippen LogP contribution in [0.25, 0.3) is 5.69 Å². The molecule has 2 fully saturated rings. The Morgan fingerprint density at radius 3 is 2.50 bits per heavy atom. The van der Waals surface area contributed by atoms with Gasteiger partial charge in [0.2, 0.25) is 0 Å². The van der Waals surface area contributed by atoms with Crippen LogP contribution in [0, 0.1) is 25.7 Å². The quantitative estimate of drug-likeness (QED) is 0.596. The number of benzene rings is 1. The van der Waals surface area contributed by atoms with Crippen molar-refractivity contribution in [1.29, 1.82) is 0 Å². The number of aromatic nitrogens is 2. The van der Waals surface area contributed by atoms with Crippen LogP contribution in [0.1, 0.15) is 60.8 Å². The van der Waals surface area contributed by atoms with Gasteiger partial charge in [0.25, 0.3) is 11.7 Å². The van der Waals surface area contributed by atoms with E-state index in [1.807, 2.05) is 49.1 Å². The zero-order valence-corrected chi connectivity index (χ0v) is 17.0. The Morgan fingerprint density at radius 1 is 1.04 bits per heavy atom. The predicted molar refractivity (Wildman–Crippen MR) is 109 cm³/mol. The van der Waals surface area contributed by atoms with E-state index in [1.165, 1.54) is 12.8 Å². The molecule has 0 N–H and O–H groups in total. The molecule has 2 aliphatic rings. The highest BCUT2D eigenvalue weighted by Gasteiger charge is 2.41. The van der Waals surface area contributed by atoms with E-state index < -0.39 is 5.78 Å². The Morgan fingerprint density at radius 2 is 1.75 bits per heavy atom. The summed E-state index contributed by atoms with van der Waals surface area (Å²) in [5, 5.41) is 4.55. The molecule has 1 amide bonds. The summed E-state index contributed by atoms with van der Waals surface area (Å²) in [6.45, 7) is 6.67. The lowest BCUT2D eigenvalue weighted by molar-refractivity contribution is -0.134. The van der Waals surface area contributed by atoms with Crippen molar-refractivity contribution in [3.63, 3.8) is 0 Å². The van der Waals surface area contributed by atoms with Crippen molar-refractivity contribution in [2.45, 2.75) is 58.9 Å². The molecule has 1 aromatic heterocycles. The highest BCUT2D eigenvalue weighted by Crippen LogP contribution is 2.39. The fraction of sp³-hybridized carbons (Fsp3) is 0.522. The first-order valence-corrected chi connectivity index (χ1v) is 10.5. The minimum atomic E-state index is -0.406. The van der Waals surface area contributed by atoms with Crippen LogP contribution in [0.4, 0.5) is 0 Å². The highest BCUT2D eigenvalue weighted by molar-refractivity contribution is 6.43. The number of fused-ring (bicyclic) bond motifs is 1. The molecule has 1 aromatic carbocycles. The monoisotopic (exact) mass is 379 g/mol. The van der Waals surface area contributed by atoms with Crippen molar-refractivity contribution in [3.8, 4) is 5.69 Å². The molecule has 2 aromatic rings. The lowest BCUT2D eigenvalue weighted by atomic mass is 9.72. The normalized spacial score (nSPS) is 24.7. The summed E-state index contributed by atoms with van der Waals surface area (Å²) < 4.78 is 1.76. The molecule has 148 valence electrons. The summed E-state index contributed by atoms with van der Waals surface area (Å²) >= 11 is 0. The first kappa shape index (κ1) is 18.9. The average molecular weight is 380 g/mol. The molecular weight excluding hydrogens is 350 g/mol. The molecule has 28 heavy (non-hydrogen) atoms. The van der Waals surface area contributed by atoms with Crippen LogP contribution in [-0.2, 0) is 4.79 Å². The number of amides is 1. The number of likely N-dealkylation sites (tertiary alicyclic amines) is 1. The maximum absolute atomic E-state index is 13.2. The fourth-order valence-corrected chi connectivity index (χ4v) is 5.19. The predicted octanol–water partition coefficient (Wildman–Crippen LogP) is 4.10. The van der Waals surface area contributed by atoms with Gasteiger partial charge >= 0.3 is 0 Å². The van der Waals surface area contributed by atoms with Crippen molar-refractivity contribution >= 4 is 11.7 Å². The molecule has 5 nitrogen and oxygen atoms in total. The van der Waals surface area contributed by atoms with Crippen LogP contribution < -0.4 is 0 Å². The molecule has 0 radical (unpaired) electrons. The largest absolute Gasteiger partial charge is 0.333 e. The van der Waals surface area contributed by atoms with Crippen LogP contribution in [-0.4, -0.2) is 39.0 Å². The van der Waals surface area contributed by atoms with E-state index in [2.05, 4.69) is 12.0 Å². The molecule has 4 rings (SSSR count). The van der Waals surface area contributed by atoms with Gasteiger partial charge in [0.05, 0.1) is 22.6 Å². The number of hydrogen-bond acceptors (Lipinski definition) is 3. The van der Waals surface area contributed by atoms with Gasteiger partial charge in [0, 0.05) is 12.6 Å². The van der Waals surface area contributed by atoms with E-state index in [0.29, 0.717) is 29.6 Å². The topological polar surface area (TPSA) is 55.2 Å². The van der Waals surface area contributed by atoms with Gasteiger partial charge in [-0.15, -0.1) is 0 Å². The molecule has 1 aliphatic carbocycles. The van der Waals surface area contributed by atoms with Crippen molar-refractivity contribution in [2.24, 2.45) is 11.8 Å². The van der Waals surface area contributed by atoms with Crippen LogP contribution in [0.3, 0.4) is 0 Å². The molecule has 2 heterocycles. The molecule has 1 saturated heterocycles. The highest BCUT2D eigenvalue weighted by atomic mass is 16.2. The molecule has 1 saturated carbocycles. The number of para-hydroxylation sites is 1. The van der Waals surface area contributed by atoms with E-state index >= 15 is 0 Å². The maximum Gasteiger partial charge on any atom is 0.295 e. The molecule has 5 heteroatoms. The number of carbonyl (C=O) groups excluding carboxylic acids is 2. The summed E-state index contributed by atoms with van der Waals surface area (Å²) in [4.78, 5) is 28.4. The van der Waals surface area contributed by atoms with E-state index in [1.54, 1.807) is 4.68 Å². The van der Waals surface area contributed by atoms with Crippen molar-refractivity contribution in [3.05, 3.63) is 47.3 Å². The summed E-state index contributed by atoms with van der Waals surface area (Å²) in [5.41, 5.74) is 2.70. The molecule has 3 unspecified atom stereocenters. The van der Waals surface area contributed by atoms with Gasteiger partial charge in [-0.25, -0.2) is 4.68 Å². The molecular formula is C23H29N3O2. The summed E-state index contributed by atoms with van der Waals surface area (Å²) in [7, 11) is 0. The molecule has 0 spiro atoms. The number of rotatable bonds is 3. The Hall–Kier alpha value is -2.43. The third kappa shape index (κ3) is 3.17. The number of aryl methyl sites for hydroxylation is 1. The van der Waals surface area contributed by atoms with Crippen LogP contribution in [0.15, 0.2) is 30.3 Å². The Labute approximate surface area is 166 Å². The Bertz CT molecular complexity index is 887. The second-order valence-corrected chi connectivity index (χ2v) is 8.40. The van der Waals surface area contributed by atoms with E-state index in [4.69, 9.17) is 0 Å². The van der Waals surface area contributed by atoms with Crippen molar-refractivity contribution < 1.29 is 9.59 Å². The van der Waals surface area contributed by atoms with Gasteiger partial charge in [-0.2, -0.15) is 5.10 Å². The minimum absolute atomic E-state index is 0.221. The van der Waals surface area contributed by atoms with Gasteiger partial charge in [0.15, 0.2) is 0 Å². The number of carbonyl (C=O) groups is 2. The molecule has 3 atom stereocenters. The van der Waals surface area contributed by atoms with Gasteiger partial charge in [-0.05, 0) is 57.1 Å². The third-order valence-electron chi connectivity index (χ3n) is 6.71. The van der Waals surface area contributed by atoms with Gasteiger partial charge in [-0.1, -0.05) is 38.0 Å². The van der Waals surface area contributed by atoms with E-state index in [9.17, 15) is 9.59 Å². The maximum atomic E-state index is 13.2. The third-order valence-corrected chi connectivity index (χ3v) is 6.71. The van der Waals surface area contributed by atoms with Crippen molar-refractivity contribution in [2.75, 3.05) is 6.54 Å². The smallest absolute Gasteiger partial charge is 0.295 e. The fourth-order valence-electron chi connectivity index (χ4n) is 5.19. The Balaban J connectivity index is 1.63. The number of ketones is 1. The second-order valence-electron chi connectivity index (χ2n) is 8.40. The summed E-state index contributed by atoms with van der Waals surface area (Å²) in [6.07, 6.45) is 5.57. The molecule has 0 bridgehead atoms. The first-order valence-electron chi connectivity index (χ1n) is 10.5. The van der Waals surface area contributed by atoms with Crippen LogP contribution in [0.5, 0.6) is 0 Å². The van der Waals surface area contributed by atoms with E-state index in [0.717, 1.165) is 30.6 Å². The lowest BCUT2D eigenvalue weighted by Crippen LogP contribution is -2.54. The summed E-state index contributed by atoms with van der Waals surface area (Å²) in [6, 6.07) is 9.96.